The minimum absolute atomic E-state index is 0.00933. The summed E-state index contributed by atoms with van der Waals surface area (Å²) < 4.78 is 76.4. The fourth-order valence-electron chi connectivity index (χ4n) is 23.4. The van der Waals surface area contributed by atoms with Crippen LogP contribution in [0.4, 0.5) is 28.8 Å². The molecule has 0 aromatic heterocycles. The number of aryl methyl sites for hydroxylation is 3. The number of hydrogen-bond donors (Lipinski definition) is 9. The first kappa shape index (κ1) is 113. The molecule has 12 amide bonds. The summed E-state index contributed by atoms with van der Waals surface area (Å²) in [5, 5.41) is 13.5. The van der Waals surface area contributed by atoms with E-state index in [0.717, 1.165) is 110 Å². The van der Waals surface area contributed by atoms with Crippen molar-refractivity contribution in [2.24, 2.45) is 34.0 Å². The van der Waals surface area contributed by atoms with Crippen molar-refractivity contribution in [2.75, 3.05) is 39.5 Å². The lowest BCUT2D eigenvalue weighted by Gasteiger charge is -2.36. The van der Waals surface area contributed by atoms with Crippen LogP contribution in [0.3, 0.4) is 0 Å². The van der Waals surface area contributed by atoms with Crippen LogP contribution in [0.1, 0.15) is 282 Å². The highest BCUT2D eigenvalue weighted by molar-refractivity contribution is 7.68. The predicted octanol–water partition coefficient (Wildman–Crippen LogP) is 15.7. The number of alkyl carbamates (subject to hydrolysis) is 3. The number of ether oxygens (including phenoxy) is 6. The van der Waals surface area contributed by atoms with Gasteiger partial charge in [-0.15, -0.1) is 0 Å². The highest BCUT2D eigenvalue weighted by Crippen LogP contribution is 2.73. The standard InChI is InChI=1S/2C38H51N4O8P.C35H53N4O8P/c2*1-5-27-21-38(27,51(47,48)29-17-10-8-11-18-29)40-33(43)31-20-28-23-42(31)34(44)32(37(2,3)4)39-35(45)49-19-12-7-6-9-14-25-15-13-16-26-22-41(24-30(25)26)36(46)50-28;1-7-25-18-35(25,48(44,45)22(2)3)37-30(40)28-17-26-20-39(28)31(41)29(34(4,5)6)36-32(42)46-16-11-9-8-10-13-23-14-12-15-24-19-38(21-27(23)24)33(43)47-26/h2*8,10-11,13,15-18,27-28,31-32H,5-7,9,12,14,19-24H2,1-4H3,(H,39,45)(H,40,43)(H,47,48);12,14-15,22,25-26,28-29H,7-11,13,16-21H2,1-6H3,(H,36,42)(H,37,40)(H,44,45)/t2*27-,28-,31+,32-,38+;25-,26-,28+,29-,35+/m111/s1. The van der Waals surface area contributed by atoms with E-state index in [1.807, 2.05) is 119 Å². The molecule has 39 heteroatoms. The van der Waals surface area contributed by atoms with Crippen LogP contribution in [0.25, 0.3) is 0 Å². The van der Waals surface area contributed by atoms with E-state index in [2.05, 4.69) is 50.1 Å². The first-order valence-electron chi connectivity index (χ1n) is 54.0. The Kier molecular flexibility index (Phi) is 35.1. The number of rotatable bonds is 15. The van der Waals surface area contributed by atoms with Crippen LogP contribution in [0.15, 0.2) is 115 Å². The van der Waals surface area contributed by atoms with E-state index in [1.165, 1.54) is 31.4 Å². The normalized spacial score (nSPS) is 29.0. The van der Waals surface area contributed by atoms with Gasteiger partial charge < -0.3 is 89.7 Å². The van der Waals surface area contributed by atoms with Crippen LogP contribution in [0.2, 0.25) is 0 Å². The van der Waals surface area contributed by atoms with Crippen molar-refractivity contribution in [3.63, 3.8) is 0 Å². The molecule has 5 aromatic carbocycles. The molecular formula is C111H155N12O24P3. The zero-order valence-corrected chi connectivity index (χ0v) is 92.1. The van der Waals surface area contributed by atoms with Gasteiger partial charge in [0.25, 0.3) is 14.7 Å². The lowest BCUT2D eigenvalue weighted by Crippen LogP contribution is -2.58. The van der Waals surface area contributed by atoms with Gasteiger partial charge in [-0.05, 0) is 185 Å². The Bertz CT molecular complexity index is 5730. The maximum absolute atomic E-state index is 14.4. The number of fused-ring (bicyclic) bond motifs is 9. The zero-order chi connectivity index (χ0) is 108. The summed E-state index contributed by atoms with van der Waals surface area (Å²) in [4.78, 5) is 209. The number of amides is 12. The summed E-state index contributed by atoms with van der Waals surface area (Å²) in [7, 11) is -12.0. The molecule has 3 saturated heterocycles. The quantitative estimate of drug-likeness (QED) is 0.0347. The van der Waals surface area contributed by atoms with E-state index in [1.54, 1.807) is 89.2 Å². The van der Waals surface area contributed by atoms with Gasteiger partial charge in [-0.1, -0.05) is 246 Å². The van der Waals surface area contributed by atoms with Crippen molar-refractivity contribution in [3.8, 4) is 0 Å². The van der Waals surface area contributed by atoms with Crippen molar-refractivity contribution in [2.45, 2.75) is 366 Å². The highest BCUT2D eigenvalue weighted by atomic mass is 31.2. The van der Waals surface area contributed by atoms with Gasteiger partial charge in [0.2, 0.25) is 42.8 Å². The van der Waals surface area contributed by atoms with Gasteiger partial charge >= 0.3 is 36.6 Å². The molecular weight excluding hydrogens is 1980 g/mol. The predicted molar refractivity (Wildman–Crippen MR) is 563 cm³/mol. The average molecular weight is 2130 g/mol. The number of cyclic esters (lactones) is 3. The molecule has 9 aliphatic heterocycles. The Hall–Kier alpha value is -10.9. The number of nitrogens with one attached hydrogen (secondary N) is 6. The van der Waals surface area contributed by atoms with Gasteiger partial charge in [0.15, 0.2) is 0 Å². The van der Waals surface area contributed by atoms with Crippen LogP contribution in [0, 0.1) is 34.0 Å². The van der Waals surface area contributed by atoms with E-state index in [4.69, 9.17) is 28.4 Å². The summed E-state index contributed by atoms with van der Waals surface area (Å²) in [5.74, 6) is -4.00. The second kappa shape index (κ2) is 46.6. The van der Waals surface area contributed by atoms with Gasteiger partial charge in [0.05, 0.1) is 39.5 Å². The van der Waals surface area contributed by atoms with E-state index < -0.39 is 186 Å². The Morgan fingerprint density at radius 2 is 0.640 bits per heavy atom. The second-order valence-electron chi connectivity index (χ2n) is 46.4. The third-order valence-corrected chi connectivity index (χ3v) is 41.2. The zero-order valence-electron chi connectivity index (χ0n) is 89.4. The van der Waals surface area contributed by atoms with Crippen molar-refractivity contribution in [1.29, 1.82) is 0 Å². The molecule has 0 spiro atoms. The molecule has 18 atom stereocenters. The minimum Gasteiger partial charge on any atom is -0.450 e. The maximum Gasteiger partial charge on any atom is 0.410 e. The maximum atomic E-state index is 14.4. The summed E-state index contributed by atoms with van der Waals surface area (Å²) in [5.41, 5.74) is 7.36. The average Bonchev–Trinajstić information content (AvgIpc) is 1.55. The molecule has 150 heavy (non-hydrogen) atoms. The van der Waals surface area contributed by atoms with E-state index in [-0.39, 0.29) is 87.1 Å². The van der Waals surface area contributed by atoms with E-state index >= 15 is 0 Å². The molecule has 3 aliphatic carbocycles. The van der Waals surface area contributed by atoms with E-state index in [0.29, 0.717) is 97.1 Å². The van der Waals surface area contributed by atoms with Gasteiger partial charge in [-0.3, -0.25) is 57.2 Å². The highest BCUT2D eigenvalue weighted by Gasteiger charge is 2.70. The molecule has 818 valence electrons. The molecule has 6 fully saturated rings. The van der Waals surface area contributed by atoms with Crippen molar-refractivity contribution in [1.82, 2.24) is 61.3 Å². The summed E-state index contributed by atoms with van der Waals surface area (Å²) in [6, 6.07) is 28.5. The first-order valence-corrected chi connectivity index (χ1v) is 59.1. The molecule has 3 unspecified atom stereocenters. The number of nitrogens with zero attached hydrogens (tertiary/aromatic N) is 6. The number of carbonyl (C=O) groups is 12. The van der Waals surface area contributed by atoms with Gasteiger partial charge in [0, 0.05) is 74.8 Å². The Balaban J connectivity index is 0.000000168. The molecule has 0 radical (unpaired) electrons. The molecule has 3 saturated carbocycles. The fourth-order valence-corrected chi connectivity index (χ4v) is 30.6. The molecule has 17 rings (SSSR count). The lowest BCUT2D eigenvalue weighted by atomic mass is 9.85. The van der Waals surface area contributed by atoms with Crippen LogP contribution in [-0.4, -0.2) is 232 Å². The number of carbonyl (C=O) groups excluding carboxylic acids is 12. The van der Waals surface area contributed by atoms with Gasteiger partial charge in [-0.2, -0.15) is 0 Å². The Morgan fingerprint density at radius 1 is 0.373 bits per heavy atom. The van der Waals surface area contributed by atoms with Crippen LogP contribution in [-0.2, 0) is 129 Å². The van der Waals surface area contributed by atoms with Gasteiger partial charge in [0.1, 0.15) is 70.4 Å². The molecule has 12 bridgehead atoms. The first-order chi connectivity index (χ1) is 71.1. The van der Waals surface area contributed by atoms with E-state index in [9.17, 15) is 85.9 Å². The smallest absolute Gasteiger partial charge is 0.410 e. The van der Waals surface area contributed by atoms with Crippen molar-refractivity contribution in [3.05, 3.63) is 165 Å². The molecule has 5 aromatic rings. The third kappa shape index (κ3) is 24.8. The monoisotopic (exact) mass is 2130 g/mol. The van der Waals surface area contributed by atoms with Crippen LogP contribution in [0.5, 0.6) is 0 Å². The second-order valence-corrected chi connectivity index (χ2v) is 54.4. The van der Waals surface area contributed by atoms with Crippen LogP contribution < -0.4 is 42.5 Å². The largest absolute Gasteiger partial charge is 0.450 e. The SMILES string of the molecule is CC[C@@H]1C[C@]1(NC(=O)[C@@H]1C[C@@H]2CN1C(=O)[C@H](C(C)(C)C)NC(=O)OCCCCCCc1cccc3c1CN(C3)C(=O)O2)P(=O)(O)C(C)C.CC[C@@H]1C[C@]1(NC(=O)[C@@H]1C[C@@H]2CN1C(=O)[C@H](C(C)(C)C)NC(=O)OCCCCCCc1cccc3c1CN(C3)C(=O)O2)P(=O)(O)c1ccccc1.CC[C@@H]1C[C@]1(NC(=O)[C@@H]1C[C@@H]2CN1C(=O)[C@H](C(C)(C)C)NC(=O)OCCCCCCc1cccc3c1CN(C3)C(=O)O2)P(=O)(O)c1ccccc1. The van der Waals surface area contributed by atoms with Crippen molar-refractivity contribution < 1.29 is 114 Å². The summed E-state index contributed by atoms with van der Waals surface area (Å²) >= 11 is 0. The fraction of sp³-hybridized carbons (Fsp3) is 0.622. The lowest BCUT2D eigenvalue weighted by molar-refractivity contribution is -0.142. The molecule has 9 N–H and O–H groups in total. The molecule has 12 aliphatic rings. The van der Waals surface area contributed by atoms with Crippen molar-refractivity contribution >= 4 is 105 Å². The topological polar surface area (TPSA) is 464 Å². The Labute approximate surface area is 880 Å². The molecule has 36 nitrogen and oxygen atoms in total. The number of benzene rings is 5. The Morgan fingerprint density at radius 3 is 0.907 bits per heavy atom. The minimum atomic E-state index is -4.11. The number of hydrogen-bond acceptors (Lipinski definition) is 21. The molecule has 9 heterocycles. The summed E-state index contributed by atoms with van der Waals surface area (Å²) in [6.45, 7) is 28.3. The van der Waals surface area contributed by atoms with Gasteiger partial charge in [-0.25, -0.2) is 28.8 Å². The summed E-state index contributed by atoms with van der Waals surface area (Å²) in [6.07, 6.45) is 9.64. The third-order valence-electron chi connectivity index (χ3n) is 32.5. The van der Waals surface area contributed by atoms with Crippen LogP contribution >= 0.6 is 22.1 Å².